The number of hydrogen-bond donors (Lipinski definition) is 1. The first-order valence-electron chi connectivity index (χ1n) is 5.28. The van der Waals surface area contributed by atoms with E-state index in [0.717, 1.165) is 17.7 Å². The number of para-hydroxylation sites is 1. The number of sulfonamides is 1. The summed E-state index contributed by atoms with van der Waals surface area (Å²) in [4.78, 5) is 0. The molecule has 0 bridgehead atoms. The van der Waals surface area contributed by atoms with Crippen molar-refractivity contribution in [1.82, 2.24) is 5.32 Å². The Morgan fingerprint density at radius 1 is 1.38 bits per heavy atom. The Hall–Kier alpha value is -1.07. The minimum atomic E-state index is -3.17. The second-order valence-corrected chi connectivity index (χ2v) is 5.93. The first kappa shape index (κ1) is 11.4. The highest BCUT2D eigenvalue weighted by Crippen LogP contribution is 2.34. The molecule has 5 heteroatoms. The van der Waals surface area contributed by atoms with Crippen molar-refractivity contribution in [2.75, 3.05) is 24.2 Å². The molecule has 0 saturated heterocycles. The van der Waals surface area contributed by atoms with Gasteiger partial charge in [0.25, 0.3) is 0 Å². The van der Waals surface area contributed by atoms with Crippen LogP contribution in [-0.2, 0) is 10.0 Å². The molecular formula is C11H16N2O2S. The van der Waals surface area contributed by atoms with Crippen LogP contribution in [0.5, 0.6) is 0 Å². The van der Waals surface area contributed by atoms with Crippen LogP contribution in [0.25, 0.3) is 0 Å². The normalized spacial score (nSPS) is 20.6. The third-order valence-corrected chi connectivity index (χ3v) is 4.13. The third-order valence-electron chi connectivity index (χ3n) is 2.95. The van der Waals surface area contributed by atoms with Gasteiger partial charge in [0, 0.05) is 12.6 Å². The van der Waals surface area contributed by atoms with Crippen molar-refractivity contribution in [1.29, 1.82) is 0 Å². The van der Waals surface area contributed by atoms with Crippen LogP contribution in [0.15, 0.2) is 24.3 Å². The zero-order valence-electron chi connectivity index (χ0n) is 9.47. The number of anilines is 1. The summed E-state index contributed by atoms with van der Waals surface area (Å²) in [6.45, 7) is 0.543. The molecule has 1 atom stereocenters. The van der Waals surface area contributed by atoms with Crippen molar-refractivity contribution in [3.8, 4) is 0 Å². The highest BCUT2D eigenvalue weighted by Gasteiger charge is 2.28. The van der Waals surface area contributed by atoms with E-state index in [9.17, 15) is 8.42 Å². The van der Waals surface area contributed by atoms with Gasteiger partial charge in [-0.15, -0.1) is 0 Å². The van der Waals surface area contributed by atoms with E-state index >= 15 is 0 Å². The second-order valence-electron chi connectivity index (χ2n) is 4.02. The van der Waals surface area contributed by atoms with Gasteiger partial charge in [-0.1, -0.05) is 18.2 Å². The van der Waals surface area contributed by atoms with Crippen LogP contribution in [0.3, 0.4) is 0 Å². The number of nitrogens with zero attached hydrogens (tertiary/aromatic N) is 1. The molecule has 1 aromatic rings. The molecule has 16 heavy (non-hydrogen) atoms. The first-order chi connectivity index (χ1) is 7.54. The van der Waals surface area contributed by atoms with Crippen LogP contribution in [0.4, 0.5) is 5.69 Å². The Bertz CT molecular complexity index is 485. The van der Waals surface area contributed by atoms with Gasteiger partial charge in [-0.05, 0) is 25.1 Å². The Kier molecular flexibility index (Phi) is 2.90. The van der Waals surface area contributed by atoms with E-state index in [1.165, 1.54) is 10.6 Å². The summed E-state index contributed by atoms with van der Waals surface area (Å²) in [5, 5.41) is 3.21. The standard InChI is InChI=1S/C11H16N2O2S/c1-12-10-7-8-13(16(2,14)15)11-6-4-3-5-9(10)11/h3-6,10,12H,7-8H2,1-2H3. The van der Waals surface area contributed by atoms with Crippen molar-refractivity contribution >= 4 is 15.7 Å². The molecule has 1 heterocycles. The predicted octanol–water partition coefficient (Wildman–Crippen LogP) is 1.12. The van der Waals surface area contributed by atoms with Gasteiger partial charge in [0.05, 0.1) is 11.9 Å². The highest BCUT2D eigenvalue weighted by atomic mass is 32.2. The van der Waals surface area contributed by atoms with Crippen LogP contribution in [0, 0.1) is 0 Å². The van der Waals surface area contributed by atoms with E-state index < -0.39 is 10.0 Å². The van der Waals surface area contributed by atoms with Gasteiger partial charge in [-0.25, -0.2) is 8.42 Å². The Morgan fingerprint density at radius 3 is 2.69 bits per heavy atom. The SMILES string of the molecule is CNC1CCN(S(C)(=O)=O)c2ccccc21. The molecule has 0 saturated carbocycles. The quantitative estimate of drug-likeness (QED) is 0.842. The molecule has 0 aliphatic carbocycles. The zero-order valence-corrected chi connectivity index (χ0v) is 10.3. The summed E-state index contributed by atoms with van der Waals surface area (Å²) in [6, 6.07) is 7.90. The third kappa shape index (κ3) is 1.92. The van der Waals surface area contributed by atoms with Crippen molar-refractivity contribution < 1.29 is 8.42 Å². The van der Waals surface area contributed by atoms with Crippen molar-refractivity contribution in [3.05, 3.63) is 29.8 Å². The number of fused-ring (bicyclic) bond motifs is 1. The molecule has 2 rings (SSSR count). The van der Waals surface area contributed by atoms with E-state index in [1.54, 1.807) is 0 Å². The molecule has 0 spiro atoms. The number of rotatable bonds is 2. The van der Waals surface area contributed by atoms with Crippen LogP contribution < -0.4 is 9.62 Å². The van der Waals surface area contributed by atoms with Crippen LogP contribution in [-0.4, -0.2) is 28.3 Å². The first-order valence-corrected chi connectivity index (χ1v) is 7.13. The van der Waals surface area contributed by atoms with Gasteiger partial charge < -0.3 is 5.32 Å². The van der Waals surface area contributed by atoms with E-state index in [1.807, 2.05) is 31.3 Å². The molecule has 1 aliphatic heterocycles. The van der Waals surface area contributed by atoms with E-state index in [2.05, 4.69) is 5.32 Å². The van der Waals surface area contributed by atoms with E-state index in [4.69, 9.17) is 0 Å². The maximum atomic E-state index is 11.6. The summed E-state index contributed by atoms with van der Waals surface area (Å²) in [5.74, 6) is 0. The van der Waals surface area contributed by atoms with Crippen molar-refractivity contribution in [2.45, 2.75) is 12.5 Å². The van der Waals surface area contributed by atoms with Crippen molar-refractivity contribution in [2.24, 2.45) is 0 Å². The molecule has 1 unspecified atom stereocenters. The minimum absolute atomic E-state index is 0.245. The Balaban J connectivity index is 2.51. The summed E-state index contributed by atoms with van der Waals surface area (Å²) in [6.07, 6.45) is 2.06. The minimum Gasteiger partial charge on any atom is -0.313 e. The van der Waals surface area contributed by atoms with Gasteiger partial charge in [0.15, 0.2) is 0 Å². The van der Waals surface area contributed by atoms with Gasteiger partial charge >= 0.3 is 0 Å². The van der Waals surface area contributed by atoms with E-state index in [0.29, 0.717) is 6.54 Å². The highest BCUT2D eigenvalue weighted by molar-refractivity contribution is 7.92. The lowest BCUT2D eigenvalue weighted by molar-refractivity contribution is 0.530. The second kappa shape index (κ2) is 4.07. The lowest BCUT2D eigenvalue weighted by Crippen LogP contribution is -2.38. The number of benzene rings is 1. The Morgan fingerprint density at radius 2 is 2.06 bits per heavy atom. The maximum Gasteiger partial charge on any atom is 0.232 e. The topological polar surface area (TPSA) is 49.4 Å². The molecule has 0 aromatic heterocycles. The predicted molar refractivity (Wildman–Crippen MR) is 65.0 cm³/mol. The average molecular weight is 240 g/mol. The average Bonchev–Trinajstić information content (AvgIpc) is 2.26. The van der Waals surface area contributed by atoms with Gasteiger partial charge in [-0.3, -0.25) is 4.31 Å². The molecule has 1 aliphatic rings. The molecule has 4 nitrogen and oxygen atoms in total. The van der Waals surface area contributed by atoms with Gasteiger partial charge in [-0.2, -0.15) is 0 Å². The fraction of sp³-hybridized carbons (Fsp3) is 0.455. The molecule has 0 amide bonds. The summed E-state index contributed by atoms with van der Waals surface area (Å²) in [7, 11) is -1.27. The molecule has 1 N–H and O–H groups in total. The molecule has 0 radical (unpaired) electrons. The number of hydrogen-bond acceptors (Lipinski definition) is 3. The van der Waals surface area contributed by atoms with Crippen LogP contribution >= 0.6 is 0 Å². The summed E-state index contributed by atoms with van der Waals surface area (Å²) < 4.78 is 24.8. The lowest BCUT2D eigenvalue weighted by Gasteiger charge is -2.33. The summed E-state index contributed by atoms with van der Waals surface area (Å²) in [5.41, 5.74) is 1.86. The largest absolute Gasteiger partial charge is 0.313 e. The zero-order chi connectivity index (χ0) is 11.8. The van der Waals surface area contributed by atoms with Gasteiger partial charge in [0.1, 0.15) is 0 Å². The number of nitrogens with one attached hydrogen (secondary N) is 1. The molecule has 0 fully saturated rings. The van der Waals surface area contributed by atoms with Gasteiger partial charge in [0.2, 0.25) is 10.0 Å². The Labute approximate surface area is 96.3 Å². The lowest BCUT2D eigenvalue weighted by atomic mass is 9.98. The molecule has 88 valence electrons. The summed E-state index contributed by atoms with van der Waals surface area (Å²) >= 11 is 0. The van der Waals surface area contributed by atoms with Crippen LogP contribution in [0.2, 0.25) is 0 Å². The smallest absolute Gasteiger partial charge is 0.232 e. The maximum absolute atomic E-state index is 11.6. The van der Waals surface area contributed by atoms with E-state index in [-0.39, 0.29) is 6.04 Å². The van der Waals surface area contributed by atoms with Crippen molar-refractivity contribution in [3.63, 3.8) is 0 Å². The fourth-order valence-electron chi connectivity index (χ4n) is 2.18. The fourth-order valence-corrected chi connectivity index (χ4v) is 3.14. The molecule has 1 aromatic carbocycles. The molecular weight excluding hydrogens is 224 g/mol. The monoisotopic (exact) mass is 240 g/mol. The van der Waals surface area contributed by atoms with Crippen LogP contribution in [0.1, 0.15) is 18.0 Å².